The van der Waals surface area contributed by atoms with Gasteiger partial charge in [-0.2, -0.15) is 4.31 Å². The fourth-order valence-corrected chi connectivity index (χ4v) is 2.52. The largest absolute Gasteiger partial charge is 0.341 e. The van der Waals surface area contributed by atoms with Crippen LogP contribution in [0.1, 0.15) is 17.4 Å². The van der Waals surface area contributed by atoms with E-state index in [0.29, 0.717) is 5.82 Å². The van der Waals surface area contributed by atoms with Crippen LogP contribution in [0, 0.1) is 5.82 Å². The van der Waals surface area contributed by atoms with E-state index >= 15 is 0 Å². The number of amides is 1. The van der Waals surface area contributed by atoms with Crippen LogP contribution in [0.15, 0.2) is 36.7 Å². The zero-order valence-corrected chi connectivity index (χ0v) is 14.4. The first kappa shape index (κ1) is 18.1. The van der Waals surface area contributed by atoms with Crippen molar-refractivity contribution in [3.05, 3.63) is 53.9 Å². The summed E-state index contributed by atoms with van der Waals surface area (Å²) in [4.78, 5) is 16.4. The van der Waals surface area contributed by atoms with Crippen molar-refractivity contribution in [2.24, 2.45) is 7.05 Å². The summed E-state index contributed by atoms with van der Waals surface area (Å²) < 4.78 is 39.6. The Morgan fingerprint density at radius 1 is 1.42 bits per heavy atom. The smallest absolute Gasteiger partial charge is 0.236 e. The Hall–Kier alpha value is -2.26. The lowest BCUT2D eigenvalue weighted by atomic mass is 10.1. The molecule has 1 amide bonds. The number of nitrogens with zero attached hydrogens (tertiary/aromatic N) is 3. The molecule has 1 N–H and O–H groups in total. The molecule has 0 bridgehead atoms. The molecule has 1 aromatic carbocycles. The second-order valence-electron chi connectivity index (χ2n) is 5.44. The molecule has 24 heavy (non-hydrogen) atoms. The van der Waals surface area contributed by atoms with Crippen molar-refractivity contribution in [2.45, 2.75) is 6.04 Å². The minimum atomic E-state index is -3.49. The number of carbonyl (C=O) groups is 1. The van der Waals surface area contributed by atoms with Crippen LogP contribution in [-0.4, -0.2) is 48.0 Å². The average Bonchev–Trinajstić information content (AvgIpc) is 2.90. The van der Waals surface area contributed by atoms with E-state index in [0.717, 1.165) is 10.6 Å². The topological polar surface area (TPSA) is 84.3 Å². The van der Waals surface area contributed by atoms with Crippen molar-refractivity contribution in [3.8, 4) is 0 Å². The van der Waals surface area contributed by atoms with E-state index in [2.05, 4.69) is 10.3 Å². The SMILES string of the molecule is CN(CC(=O)N[C@@H](c1ccccc1F)c1nccn1C)S(C)(=O)=O. The molecule has 0 aliphatic heterocycles. The summed E-state index contributed by atoms with van der Waals surface area (Å²) in [7, 11) is -0.464. The highest BCUT2D eigenvalue weighted by Crippen LogP contribution is 2.23. The maximum atomic E-state index is 14.2. The van der Waals surface area contributed by atoms with Gasteiger partial charge in [-0.3, -0.25) is 4.79 Å². The number of halogens is 1. The molecule has 1 heterocycles. The van der Waals surface area contributed by atoms with Crippen LogP contribution in [0.3, 0.4) is 0 Å². The molecule has 1 aromatic heterocycles. The van der Waals surface area contributed by atoms with Gasteiger partial charge in [-0.15, -0.1) is 0 Å². The maximum Gasteiger partial charge on any atom is 0.236 e. The molecule has 0 aliphatic rings. The number of aromatic nitrogens is 2. The minimum Gasteiger partial charge on any atom is -0.341 e. The highest BCUT2D eigenvalue weighted by molar-refractivity contribution is 7.88. The highest BCUT2D eigenvalue weighted by Gasteiger charge is 2.25. The summed E-state index contributed by atoms with van der Waals surface area (Å²) in [5.74, 6) is -0.600. The van der Waals surface area contributed by atoms with E-state index in [4.69, 9.17) is 0 Å². The zero-order valence-electron chi connectivity index (χ0n) is 13.6. The molecule has 0 aliphatic carbocycles. The van der Waals surface area contributed by atoms with Crippen LogP contribution in [0.4, 0.5) is 4.39 Å². The molecule has 7 nitrogen and oxygen atoms in total. The summed E-state index contributed by atoms with van der Waals surface area (Å²) in [5.41, 5.74) is 0.252. The molecular formula is C15H19FN4O3S. The number of nitrogens with one attached hydrogen (secondary N) is 1. The van der Waals surface area contributed by atoms with Gasteiger partial charge in [0.15, 0.2) is 0 Å². The number of hydrogen-bond donors (Lipinski definition) is 1. The molecule has 0 saturated carbocycles. The van der Waals surface area contributed by atoms with Crippen LogP contribution in [-0.2, 0) is 21.9 Å². The molecular weight excluding hydrogens is 335 g/mol. The first-order chi connectivity index (χ1) is 11.2. The Kier molecular flexibility index (Phi) is 5.35. The van der Waals surface area contributed by atoms with Crippen molar-refractivity contribution in [2.75, 3.05) is 19.8 Å². The average molecular weight is 354 g/mol. The second-order valence-corrected chi connectivity index (χ2v) is 7.53. The van der Waals surface area contributed by atoms with Gasteiger partial charge in [-0.25, -0.2) is 17.8 Å². The van der Waals surface area contributed by atoms with Gasteiger partial charge >= 0.3 is 0 Å². The third-order valence-electron chi connectivity index (χ3n) is 3.57. The number of imidazole rings is 1. The van der Waals surface area contributed by atoms with Crippen molar-refractivity contribution >= 4 is 15.9 Å². The normalized spacial score (nSPS) is 13.0. The number of hydrogen-bond acceptors (Lipinski definition) is 4. The van der Waals surface area contributed by atoms with E-state index in [9.17, 15) is 17.6 Å². The Morgan fingerprint density at radius 2 is 2.08 bits per heavy atom. The van der Waals surface area contributed by atoms with E-state index < -0.39 is 27.8 Å². The number of sulfonamides is 1. The summed E-state index contributed by atoms with van der Waals surface area (Å²) in [6.45, 7) is -0.367. The number of aryl methyl sites for hydroxylation is 1. The lowest BCUT2D eigenvalue weighted by Gasteiger charge is -2.21. The summed E-state index contributed by atoms with van der Waals surface area (Å²) in [5, 5.41) is 2.65. The van der Waals surface area contributed by atoms with Gasteiger partial charge in [0.25, 0.3) is 0 Å². The fraction of sp³-hybridized carbons (Fsp3) is 0.333. The van der Waals surface area contributed by atoms with Crippen molar-refractivity contribution in [1.82, 2.24) is 19.2 Å². The predicted octanol–water partition coefficient (Wildman–Crippen LogP) is 0.656. The van der Waals surface area contributed by atoms with Gasteiger partial charge in [-0.1, -0.05) is 18.2 Å². The fourth-order valence-electron chi connectivity index (χ4n) is 2.17. The quantitative estimate of drug-likeness (QED) is 0.826. The van der Waals surface area contributed by atoms with Crippen molar-refractivity contribution < 1.29 is 17.6 Å². The van der Waals surface area contributed by atoms with Gasteiger partial charge in [0, 0.05) is 32.1 Å². The van der Waals surface area contributed by atoms with E-state index in [1.807, 2.05) is 0 Å². The Bertz CT molecular complexity index is 835. The van der Waals surface area contributed by atoms with Crippen LogP contribution >= 0.6 is 0 Å². The maximum absolute atomic E-state index is 14.2. The first-order valence-corrected chi connectivity index (χ1v) is 8.97. The Balaban J connectivity index is 2.30. The Labute approximate surface area is 140 Å². The third-order valence-corrected chi connectivity index (χ3v) is 4.83. The Morgan fingerprint density at radius 3 is 2.62 bits per heavy atom. The lowest BCUT2D eigenvalue weighted by molar-refractivity contribution is -0.121. The lowest BCUT2D eigenvalue weighted by Crippen LogP contribution is -2.40. The number of benzene rings is 1. The number of likely N-dealkylation sites (N-methyl/N-ethyl adjacent to an activating group) is 1. The van der Waals surface area contributed by atoms with Gasteiger partial charge in [0.05, 0.1) is 12.8 Å². The molecule has 0 fully saturated rings. The minimum absolute atomic E-state index is 0.252. The van der Waals surface area contributed by atoms with Crippen LogP contribution < -0.4 is 5.32 Å². The molecule has 2 rings (SSSR count). The predicted molar refractivity (Wildman–Crippen MR) is 87.1 cm³/mol. The molecule has 0 radical (unpaired) electrons. The summed E-state index contributed by atoms with van der Waals surface area (Å²) >= 11 is 0. The first-order valence-electron chi connectivity index (χ1n) is 7.12. The monoisotopic (exact) mass is 354 g/mol. The molecule has 2 aromatic rings. The van der Waals surface area contributed by atoms with Crippen LogP contribution in [0.25, 0.3) is 0 Å². The molecule has 1 atom stereocenters. The highest BCUT2D eigenvalue weighted by atomic mass is 32.2. The summed E-state index contributed by atoms with van der Waals surface area (Å²) in [6, 6.07) is 5.22. The van der Waals surface area contributed by atoms with Crippen LogP contribution in [0.2, 0.25) is 0 Å². The van der Waals surface area contributed by atoms with E-state index in [1.54, 1.807) is 36.0 Å². The van der Waals surface area contributed by atoms with Gasteiger partial charge in [0.2, 0.25) is 15.9 Å². The summed E-state index contributed by atoms with van der Waals surface area (Å²) in [6.07, 6.45) is 4.23. The molecule has 0 spiro atoms. The second kappa shape index (κ2) is 7.10. The zero-order chi connectivity index (χ0) is 17.9. The van der Waals surface area contributed by atoms with Gasteiger partial charge < -0.3 is 9.88 Å². The molecule has 9 heteroatoms. The molecule has 0 unspecified atom stereocenters. The van der Waals surface area contributed by atoms with Gasteiger partial charge in [-0.05, 0) is 6.07 Å². The third kappa shape index (κ3) is 4.18. The van der Waals surface area contributed by atoms with E-state index in [1.165, 1.54) is 19.3 Å². The molecule has 0 saturated heterocycles. The van der Waals surface area contributed by atoms with Crippen molar-refractivity contribution in [1.29, 1.82) is 0 Å². The van der Waals surface area contributed by atoms with E-state index in [-0.39, 0.29) is 12.1 Å². The molecule has 130 valence electrons. The van der Waals surface area contributed by atoms with Crippen molar-refractivity contribution in [3.63, 3.8) is 0 Å². The van der Waals surface area contributed by atoms with Gasteiger partial charge in [0.1, 0.15) is 17.7 Å². The number of rotatable bonds is 6. The standard InChI is InChI=1S/C15H19FN4O3S/c1-19-9-8-17-15(19)14(11-6-4-5-7-12(11)16)18-13(21)10-20(2)24(3,22)23/h4-9,14H,10H2,1-3H3,(H,18,21)/t14-/m0/s1. The van der Waals surface area contributed by atoms with Crippen LogP contribution in [0.5, 0.6) is 0 Å². The number of carbonyl (C=O) groups excluding carboxylic acids is 1.